The van der Waals surface area contributed by atoms with Crippen LogP contribution in [0.25, 0.3) is 0 Å². The fraction of sp³-hybridized carbons (Fsp3) is 0.462. The van der Waals surface area contributed by atoms with E-state index in [0.717, 1.165) is 24.3 Å². The highest BCUT2D eigenvalue weighted by Crippen LogP contribution is 2.26. The highest BCUT2D eigenvalue weighted by molar-refractivity contribution is 5.98. The Labute approximate surface area is 95.8 Å². The van der Waals surface area contributed by atoms with Gasteiger partial charge in [-0.05, 0) is 11.6 Å². The summed E-state index contributed by atoms with van der Waals surface area (Å²) < 4.78 is 5.44. The first kappa shape index (κ1) is 11.1. The number of hydrogen-bond acceptors (Lipinski definition) is 3. The molecule has 1 N–H and O–H groups in total. The molecule has 0 bridgehead atoms. The number of carbonyl (C=O) groups is 1. The third-order valence-electron chi connectivity index (χ3n) is 2.69. The fourth-order valence-electron chi connectivity index (χ4n) is 1.74. The molecule has 0 aliphatic carbocycles. The van der Waals surface area contributed by atoms with Crippen molar-refractivity contribution in [2.24, 2.45) is 0 Å². The minimum Gasteiger partial charge on any atom is -0.493 e. The van der Waals surface area contributed by atoms with Crippen LogP contribution in [0.15, 0.2) is 18.2 Å². The van der Waals surface area contributed by atoms with E-state index in [-0.39, 0.29) is 5.78 Å². The van der Waals surface area contributed by atoms with Gasteiger partial charge in [0, 0.05) is 18.0 Å². The Bertz CT molecular complexity index is 399. The number of rotatable bonds is 4. The first-order chi connectivity index (χ1) is 7.66. The van der Waals surface area contributed by atoms with Gasteiger partial charge in [0.1, 0.15) is 5.75 Å². The van der Waals surface area contributed by atoms with Crippen LogP contribution in [0, 0.1) is 0 Å². The summed E-state index contributed by atoms with van der Waals surface area (Å²) in [5.41, 5.74) is 1.93. The second-order valence-corrected chi connectivity index (χ2v) is 4.38. The summed E-state index contributed by atoms with van der Waals surface area (Å²) in [4.78, 5) is 11.8. The average molecular weight is 219 g/mol. The van der Waals surface area contributed by atoms with Crippen molar-refractivity contribution in [2.75, 3.05) is 13.2 Å². The van der Waals surface area contributed by atoms with Gasteiger partial charge in [-0.2, -0.15) is 0 Å². The van der Waals surface area contributed by atoms with Crippen LogP contribution < -0.4 is 10.1 Å². The van der Waals surface area contributed by atoms with Gasteiger partial charge in [0.05, 0.1) is 13.2 Å². The third-order valence-corrected chi connectivity index (χ3v) is 2.69. The monoisotopic (exact) mass is 219 g/mol. The quantitative estimate of drug-likeness (QED) is 0.785. The lowest BCUT2D eigenvalue weighted by molar-refractivity contribution is 0.0988. The van der Waals surface area contributed by atoms with Crippen molar-refractivity contribution in [1.29, 1.82) is 0 Å². The molecule has 1 aliphatic rings. The van der Waals surface area contributed by atoms with Gasteiger partial charge in [-0.3, -0.25) is 4.79 Å². The number of fused-ring (bicyclic) bond motifs is 1. The topological polar surface area (TPSA) is 38.3 Å². The number of benzene rings is 1. The lowest BCUT2D eigenvalue weighted by atomic mass is 10.1. The molecule has 0 amide bonds. The van der Waals surface area contributed by atoms with Crippen molar-refractivity contribution < 1.29 is 9.53 Å². The van der Waals surface area contributed by atoms with Crippen LogP contribution in [0.2, 0.25) is 0 Å². The molecule has 1 heterocycles. The smallest absolute Gasteiger partial charge is 0.176 e. The molecule has 1 aromatic carbocycles. The van der Waals surface area contributed by atoms with E-state index < -0.39 is 0 Å². The zero-order valence-corrected chi connectivity index (χ0v) is 9.75. The zero-order valence-electron chi connectivity index (χ0n) is 9.75. The van der Waals surface area contributed by atoms with Crippen LogP contribution in [-0.4, -0.2) is 25.0 Å². The minimum absolute atomic E-state index is 0.118. The van der Waals surface area contributed by atoms with E-state index in [1.54, 1.807) is 0 Å². The molecule has 0 aromatic heterocycles. The predicted octanol–water partition coefficient (Wildman–Crippen LogP) is 1.80. The maximum atomic E-state index is 11.8. The van der Waals surface area contributed by atoms with Crippen LogP contribution in [0.5, 0.6) is 5.75 Å². The van der Waals surface area contributed by atoms with E-state index in [0.29, 0.717) is 12.6 Å². The zero-order chi connectivity index (χ0) is 11.5. The van der Waals surface area contributed by atoms with Crippen molar-refractivity contribution in [1.82, 2.24) is 5.32 Å². The van der Waals surface area contributed by atoms with Crippen molar-refractivity contribution in [3.63, 3.8) is 0 Å². The van der Waals surface area contributed by atoms with E-state index in [1.807, 2.05) is 32.0 Å². The van der Waals surface area contributed by atoms with E-state index in [1.165, 1.54) is 5.56 Å². The van der Waals surface area contributed by atoms with Crippen molar-refractivity contribution in [3.05, 3.63) is 29.3 Å². The number of nitrogens with one attached hydrogen (secondary N) is 1. The maximum Gasteiger partial charge on any atom is 0.176 e. The van der Waals surface area contributed by atoms with Crippen LogP contribution in [0.4, 0.5) is 0 Å². The molecule has 0 saturated heterocycles. The third kappa shape index (κ3) is 2.42. The first-order valence-electron chi connectivity index (χ1n) is 5.69. The highest BCUT2D eigenvalue weighted by Gasteiger charge is 2.14. The second kappa shape index (κ2) is 4.66. The molecule has 0 radical (unpaired) electrons. The summed E-state index contributed by atoms with van der Waals surface area (Å²) in [6.45, 7) is 5.17. The Kier molecular flexibility index (Phi) is 3.25. The summed E-state index contributed by atoms with van der Waals surface area (Å²) in [5, 5.41) is 3.12. The van der Waals surface area contributed by atoms with Gasteiger partial charge < -0.3 is 10.1 Å². The SMILES string of the molecule is CC(C)NCC(=O)c1ccc2c(c1)OCC2. The Morgan fingerprint density at radius 3 is 3.06 bits per heavy atom. The Morgan fingerprint density at radius 2 is 2.31 bits per heavy atom. The Hall–Kier alpha value is -1.35. The molecule has 3 heteroatoms. The molecule has 0 atom stereocenters. The molecule has 1 aromatic rings. The summed E-state index contributed by atoms with van der Waals surface area (Å²) in [6.07, 6.45) is 0.952. The standard InChI is InChI=1S/C13H17NO2/c1-9(2)14-8-12(15)11-4-3-10-5-6-16-13(10)7-11/h3-4,7,9,14H,5-6,8H2,1-2H3. The summed E-state index contributed by atoms with van der Waals surface area (Å²) in [7, 11) is 0. The minimum atomic E-state index is 0.118. The first-order valence-corrected chi connectivity index (χ1v) is 5.69. The van der Waals surface area contributed by atoms with Crippen LogP contribution >= 0.6 is 0 Å². The van der Waals surface area contributed by atoms with Gasteiger partial charge in [-0.15, -0.1) is 0 Å². The van der Waals surface area contributed by atoms with Crippen LogP contribution in [0.1, 0.15) is 29.8 Å². The molecular formula is C13H17NO2. The molecular weight excluding hydrogens is 202 g/mol. The van der Waals surface area contributed by atoms with Crippen LogP contribution in [-0.2, 0) is 6.42 Å². The fourth-order valence-corrected chi connectivity index (χ4v) is 1.74. The largest absolute Gasteiger partial charge is 0.493 e. The van der Waals surface area contributed by atoms with E-state index in [9.17, 15) is 4.79 Å². The highest BCUT2D eigenvalue weighted by atomic mass is 16.5. The van der Waals surface area contributed by atoms with E-state index in [4.69, 9.17) is 4.74 Å². The molecule has 3 nitrogen and oxygen atoms in total. The molecule has 0 saturated carbocycles. The Morgan fingerprint density at radius 1 is 1.50 bits per heavy atom. The molecule has 86 valence electrons. The van der Waals surface area contributed by atoms with Crippen molar-refractivity contribution >= 4 is 5.78 Å². The Balaban J connectivity index is 2.06. The normalized spacial score (nSPS) is 13.7. The number of hydrogen-bond donors (Lipinski definition) is 1. The number of ether oxygens (including phenoxy) is 1. The summed E-state index contributed by atoms with van der Waals surface area (Å²) in [6, 6.07) is 6.06. The number of ketones is 1. The van der Waals surface area contributed by atoms with Crippen LogP contribution in [0.3, 0.4) is 0 Å². The summed E-state index contributed by atoms with van der Waals surface area (Å²) in [5.74, 6) is 0.988. The molecule has 1 aliphatic heterocycles. The predicted molar refractivity (Wildman–Crippen MR) is 63.1 cm³/mol. The summed E-state index contributed by atoms with van der Waals surface area (Å²) >= 11 is 0. The number of Topliss-reactive ketones (excluding diaryl/α,β-unsaturated/α-hetero) is 1. The molecule has 0 unspecified atom stereocenters. The lowest BCUT2D eigenvalue weighted by Gasteiger charge is -2.08. The van der Waals surface area contributed by atoms with Gasteiger partial charge in [0.15, 0.2) is 5.78 Å². The molecule has 16 heavy (non-hydrogen) atoms. The number of carbonyl (C=O) groups excluding carboxylic acids is 1. The van der Waals surface area contributed by atoms with Gasteiger partial charge in [0.25, 0.3) is 0 Å². The van der Waals surface area contributed by atoms with Gasteiger partial charge in [-0.25, -0.2) is 0 Å². The molecule has 0 spiro atoms. The molecule has 2 rings (SSSR count). The van der Waals surface area contributed by atoms with Gasteiger partial charge in [0.2, 0.25) is 0 Å². The second-order valence-electron chi connectivity index (χ2n) is 4.38. The van der Waals surface area contributed by atoms with Crippen molar-refractivity contribution in [3.8, 4) is 5.75 Å². The van der Waals surface area contributed by atoms with Gasteiger partial charge in [-0.1, -0.05) is 26.0 Å². The molecule has 0 fully saturated rings. The average Bonchev–Trinajstić information content (AvgIpc) is 2.72. The van der Waals surface area contributed by atoms with E-state index in [2.05, 4.69) is 5.32 Å². The lowest BCUT2D eigenvalue weighted by Crippen LogP contribution is -2.29. The van der Waals surface area contributed by atoms with Gasteiger partial charge >= 0.3 is 0 Å². The van der Waals surface area contributed by atoms with E-state index >= 15 is 0 Å². The van der Waals surface area contributed by atoms with Crippen molar-refractivity contribution in [2.45, 2.75) is 26.3 Å². The maximum absolute atomic E-state index is 11.8.